The van der Waals surface area contributed by atoms with E-state index >= 15 is 0 Å². The first kappa shape index (κ1) is 14.1. The summed E-state index contributed by atoms with van der Waals surface area (Å²) in [6.07, 6.45) is 0. The second-order valence-electron chi connectivity index (χ2n) is 4.63. The molecular weight excluding hydrogens is 294 g/mol. The normalized spacial score (nSPS) is 10.2. The predicted molar refractivity (Wildman–Crippen MR) is 88.7 cm³/mol. The van der Waals surface area contributed by atoms with Crippen molar-refractivity contribution in [1.82, 2.24) is 4.98 Å². The molecular formula is C17H13N3OS. The zero-order valence-corrected chi connectivity index (χ0v) is 12.7. The molecule has 2 N–H and O–H groups in total. The number of ether oxygens (including phenoxy) is 1. The van der Waals surface area contributed by atoms with Crippen LogP contribution in [0.5, 0.6) is 5.75 Å². The standard InChI is InChI=1S/C17H13N3OS/c1-21-12-6-4-11(5-7-12)15-9-13(16-3-2-8-22-16)14(10-18)17(19)20-15/h2-9H,1H3,(H2,19,20). The molecule has 108 valence electrons. The molecule has 0 aliphatic rings. The average Bonchev–Trinajstić information content (AvgIpc) is 3.08. The molecule has 2 heterocycles. The molecule has 0 saturated carbocycles. The van der Waals surface area contributed by atoms with E-state index in [1.54, 1.807) is 18.4 Å². The van der Waals surface area contributed by atoms with E-state index in [0.29, 0.717) is 5.56 Å². The summed E-state index contributed by atoms with van der Waals surface area (Å²) in [4.78, 5) is 5.36. The van der Waals surface area contributed by atoms with Crippen LogP contribution in [-0.4, -0.2) is 12.1 Å². The van der Waals surface area contributed by atoms with E-state index in [0.717, 1.165) is 27.4 Å². The highest BCUT2D eigenvalue weighted by atomic mass is 32.1. The van der Waals surface area contributed by atoms with E-state index in [9.17, 15) is 5.26 Å². The summed E-state index contributed by atoms with van der Waals surface area (Å²) in [5.74, 6) is 1.03. The minimum absolute atomic E-state index is 0.249. The van der Waals surface area contributed by atoms with E-state index in [1.807, 2.05) is 47.8 Å². The molecule has 0 bridgehead atoms. The molecule has 3 rings (SSSR count). The first-order chi connectivity index (χ1) is 10.7. The summed E-state index contributed by atoms with van der Waals surface area (Å²) in [5, 5.41) is 11.3. The number of rotatable bonds is 3. The fourth-order valence-corrected chi connectivity index (χ4v) is 2.97. The number of nitrogen functional groups attached to an aromatic ring is 1. The Balaban J connectivity index is 2.15. The highest BCUT2D eigenvalue weighted by Crippen LogP contribution is 2.33. The van der Waals surface area contributed by atoms with Gasteiger partial charge in [-0.15, -0.1) is 11.3 Å². The number of benzene rings is 1. The predicted octanol–water partition coefficient (Wildman–Crippen LogP) is 3.94. The van der Waals surface area contributed by atoms with Gasteiger partial charge in [0.1, 0.15) is 23.2 Å². The topological polar surface area (TPSA) is 71.9 Å². The van der Waals surface area contributed by atoms with Gasteiger partial charge in [0.25, 0.3) is 0 Å². The van der Waals surface area contributed by atoms with Gasteiger partial charge in [0.2, 0.25) is 0 Å². The Labute approximate surface area is 132 Å². The summed E-state index contributed by atoms with van der Waals surface area (Å²) in [5.41, 5.74) is 8.87. The fraction of sp³-hybridized carbons (Fsp3) is 0.0588. The molecule has 1 aromatic carbocycles. The largest absolute Gasteiger partial charge is 0.497 e. The Hall–Kier alpha value is -2.84. The Kier molecular flexibility index (Phi) is 3.77. The van der Waals surface area contributed by atoms with E-state index in [2.05, 4.69) is 11.1 Å². The van der Waals surface area contributed by atoms with Crippen LogP contribution in [0.25, 0.3) is 21.7 Å². The summed E-state index contributed by atoms with van der Waals surface area (Å²) in [6.45, 7) is 0. The zero-order chi connectivity index (χ0) is 15.5. The lowest BCUT2D eigenvalue weighted by atomic mass is 10.0. The lowest BCUT2D eigenvalue weighted by Gasteiger charge is -2.09. The van der Waals surface area contributed by atoms with Crippen molar-refractivity contribution < 1.29 is 4.74 Å². The van der Waals surface area contributed by atoms with E-state index in [-0.39, 0.29) is 5.82 Å². The van der Waals surface area contributed by atoms with Crippen molar-refractivity contribution in [2.75, 3.05) is 12.8 Å². The van der Waals surface area contributed by atoms with Crippen LogP contribution in [0.4, 0.5) is 5.82 Å². The van der Waals surface area contributed by atoms with Gasteiger partial charge in [0.15, 0.2) is 0 Å². The van der Waals surface area contributed by atoms with Crippen molar-refractivity contribution >= 4 is 17.2 Å². The summed E-state index contributed by atoms with van der Waals surface area (Å²) in [6, 6.07) is 15.6. The first-order valence-corrected chi connectivity index (χ1v) is 7.50. The van der Waals surface area contributed by atoms with E-state index < -0.39 is 0 Å². The van der Waals surface area contributed by atoms with Crippen LogP contribution in [-0.2, 0) is 0 Å². The number of methoxy groups -OCH3 is 1. The van der Waals surface area contributed by atoms with E-state index in [1.165, 1.54) is 0 Å². The number of nitriles is 1. The molecule has 0 aliphatic heterocycles. The second-order valence-corrected chi connectivity index (χ2v) is 5.58. The minimum Gasteiger partial charge on any atom is -0.497 e. The monoisotopic (exact) mass is 307 g/mol. The third-order valence-corrected chi connectivity index (χ3v) is 4.23. The molecule has 0 aliphatic carbocycles. The van der Waals surface area contributed by atoms with Gasteiger partial charge in [0.05, 0.1) is 12.8 Å². The number of aromatic nitrogens is 1. The molecule has 0 radical (unpaired) electrons. The molecule has 0 unspecified atom stereocenters. The Morgan fingerprint density at radius 2 is 2.00 bits per heavy atom. The van der Waals surface area contributed by atoms with Crippen molar-refractivity contribution in [3.05, 3.63) is 53.4 Å². The molecule has 0 saturated heterocycles. The van der Waals surface area contributed by atoms with Crippen molar-refractivity contribution in [3.63, 3.8) is 0 Å². The lowest BCUT2D eigenvalue weighted by Crippen LogP contribution is -1.99. The van der Waals surface area contributed by atoms with Crippen LogP contribution in [0, 0.1) is 11.3 Å². The number of hydrogen-bond acceptors (Lipinski definition) is 5. The van der Waals surface area contributed by atoms with Gasteiger partial charge < -0.3 is 10.5 Å². The maximum absolute atomic E-state index is 9.35. The third kappa shape index (κ3) is 2.52. The third-order valence-electron chi connectivity index (χ3n) is 3.33. The second kappa shape index (κ2) is 5.88. The van der Waals surface area contributed by atoms with Crippen LogP contribution in [0.1, 0.15) is 5.56 Å². The number of thiophene rings is 1. The van der Waals surface area contributed by atoms with Crippen molar-refractivity contribution in [2.45, 2.75) is 0 Å². The van der Waals surface area contributed by atoms with Gasteiger partial charge in [-0.3, -0.25) is 0 Å². The van der Waals surface area contributed by atoms with Crippen molar-refractivity contribution in [2.24, 2.45) is 0 Å². The maximum atomic E-state index is 9.35. The Morgan fingerprint density at radius 3 is 2.59 bits per heavy atom. The number of nitrogens with two attached hydrogens (primary N) is 1. The van der Waals surface area contributed by atoms with Crippen LogP contribution in [0.2, 0.25) is 0 Å². The van der Waals surface area contributed by atoms with Gasteiger partial charge >= 0.3 is 0 Å². The maximum Gasteiger partial charge on any atom is 0.142 e. The molecule has 0 amide bonds. The highest BCUT2D eigenvalue weighted by Gasteiger charge is 2.14. The number of pyridine rings is 1. The SMILES string of the molecule is COc1ccc(-c2cc(-c3cccs3)c(C#N)c(N)n2)cc1. The quantitative estimate of drug-likeness (QED) is 0.795. The van der Waals surface area contributed by atoms with Crippen LogP contribution in [0.3, 0.4) is 0 Å². The van der Waals surface area contributed by atoms with Gasteiger partial charge in [0, 0.05) is 16.0 Å². The molecule has 0 atom stereocenters. The highest BCUT2D eigenvalue weighted by molar-refractivity contribution is 7.13. The van der Waals surface area contributed by atoms with Gasteiger partial charge in [-0.2, -0.15) is 5.26 Å². The zero-order valence-electron chi connectivity index (χ0n) is 11.9. The van der Waals surface area contributed by atoms with Crippen LogP contribution in [0.15, 0.2) is 47.8 Å². The van der Waals surface area contributed by atoms with Crippen molar-refractivity contribution in [1.29, 1.82) is 5.26 Å². The first-order valence-electron chi connectivity index (χ1n) is 6.62. The molecule has 0 fully saturated rings. The summed E-state index contributed by atoms with van der Waals surface area (Å²) < 4.78 is 5.16. The average molecular weight is 307 g/mol. The number of nitrogens with zero attached hydrogens (tertiary/aromatic N) is 2. The minimum atomic E-state index is 0.249. The summed E-state index contributed by atoms with van der Waals surface area (Å²) in [7, 11) is 1.63. The molecule has 5 heteroatoms. The molecule has 0 spiro atoms. The Bertz CT molecular complexity index is 834. The van der Waals surface area contributed by atoms with Gasteiger partial charge in [-0.1, -0.05) is 6.07 Å². The van der Waals surface area contributed by atoms with Crippen molar-refractivity contribution in [3.8, 4) is 33.5 Å². The number of anilines is 1. The molecule has 4 nitrogen and oxygen atoms in total. The van der Waals surface area contributed by atoms with Gasteiger partial charge in [-0.05, 0) is 41.8 Å². The fourth-order valence-electron chi connectivity index (χ4n) is 2.22. The van der Waals surface area contributed by atoms with Crippen LogP contribution < -0.4 is 10.5 Å². The number of hydrogen-bond donors (Lipinski definition) is 1. The summed E-state index contributed by atoms with van der Waals surface area (Å²) >= 11 is 1.57. The Morgan fingerprint density at radius 1 is 1.23 bits per heavy atom. The lowest BCUT2D eigenvalue weighted by molar-refractivity contribution is 0.415. The molecule has 2 aromatic heterocycles. The molecule has 22 heavy (non-hydrogen) atoms. The smallest absolute Gasteiger partial charge is 0.142 e. The van der Waals surface area contributed by atoms with E-state index in [4.69, 9.17) is 10.5 Å². The van der Waals surface area contributed by atoms with Gasteiger partial charge in [-0.25, -0.2) is 4.98 Å². The molecule has 3 aromatic rings. The van der Waals surface area contributed by atoms with Crippen LogP contribution >= 0.6 is 11.3 Å².